The van der Waals surface area contributed by atoms with Gasteiger partial charge in [-0.2, -0.15) is 4.37 Å². The molecule has 0 bridgehead atoms. The first-order valence-corrected chi connectivity index (χ1v) is 7.71. The predicted molar refractivity (Wildman–Crippen MR) is 82.0 cm³/mol. The molecule has 1 atom stereocenters. The summed E-state index contributed by atoms with van der Waals surface area (Å²) in [6, 6.07) is 10.2. The van der Waals surface area contributed by atoms with Crippen molar-refractivity contribution in [2.75, 3.05) is 11.2 Å². The minimum absolute atomic E-state index is 0.328. The molecule has 102 valence electrons. The summed E-state index contributed by atoms with van der Waals surface area (Å²) in [7, 11) is 0. The number of aryl methyl sites for hydroxylation is 1. The molecule has 2 rings (SSSR count). The van der Waals surface area contributed by atoms with Gasteiger partial charge < -0.3 is 5.32 Å². The van der Waals surface area contributed by atoms with Crippen molar-refractivity contribution in [2.24, 2.45) is 0 Å². The molecule has 0 saturated carbocycles. The van der Waals surface area contributed by atoms with E-state index >= 15 is 0 Å². The molecule has 0 saturated heterocycles. The average molecular weight is 296 g/mol. The third kappa shape index (κ3) is 3.45. The molecule has 0 aliphatic rings. The Morgan fingerprint density at radius 3 is 2.68 bits per heavy atom. The van der Waals surface area contributed by atoms with Crippen LogP contribution < -0.4 is 5.32 Å². The highest BCUT2D eigenvalue weighted by Crippen LogP contribution is 2.28. The molecule has 0 amide bonds. The summed E-state index contributed by atoms with van der Waals surface area (Å²) in [5, 5.41) is 4.24. The molecule has 1 aromatic heterocycles. The molecule has 1 heterocycles. The Balaban J connectivity index is 2.18. The second-order valence-electron chi connectivity index (χ2n) is 4.72. The zero-order chi connectivity index (χ0) is 13.7. The second-order valence-corrected chi connectivity index (χ2v) is 5.74. The molecular weight excluding hydrogens is 278 g/mol. The van der Waals surface area contributed by atoms with Crippen LogP contribution in [0.5, 0.6) is 0 Å². The van der Waals surface area contributed by atoms with Crippen molar-refractivity contribution in [3.05, 3.63) is 41.7 Å². The summed E-state index contributed by atoms with van der Waals surface area (Å²) >= 11 is 7.55. The van der Waals surface area contributed by atoms with Gasteiger partial charge >= 0.3 is 0 Å². The Kier molecular flexibility index (Phi) is 4.77. The van der Waals surface area contributed by atoms with Gasteiger partial charge in [0.05, 0.1) is 5.54 Å². The van der Waals surface area contributed by atoms with E-state index in [1.165, 1.54) is 11.5 Å². The highest BCUT2D eigenvalue weighted by Gasteiger charge is 2.26. The highest BCUT2D eigenvalue weighted by atomic mass is 35.5. The molecule has 0 aliphatic heterocycles. The van der Waals surface area contributed by atoms with Crippen LogP contribution in [-0.2, 0) is 12.0 Å². The van der Waals surface area contributed by atoms with Crippen LogP contribution in [0, 0.1) is 0 Å². The highest BCUT2D eigenvalue weighted by molar-refractivity contribution is 7.09. The predicted octanol–water partition coefficient (Wildman–Crippen LogP) is 4.06. The Hall–Kier alpha value is -1.13. The van der Waals surface area contributed by atoms with E-state index in [0.29, 0.717) is 5.88 Å². The number of rotatable bonds is 6. The van der Waals surface area contributed by atoms with Gasteiger partial charge in [-0.1, -0.05) is 37.3 Å². The number of halogens is 1. The van der Waals surface area contributed by atoms with Crippen LogP contribution in [0.1, 0.15) is 31.7 Å². The first kappa shape index (κ1) is 14.3. The summed E-state index contributed by atoms with van der Waals surface area (Å²) in [5.74, 6) is 1.37. The third-order valence-electron chi connectivity index (χ3n) is 3.00. The average Bonchev–Trinajstić information content (AvgIpc) is 2.87. The van der Waals surface area contributed by atoms with Crippen LogP contribution in [0.2, 0.25) is 0 Å². The van der Waals surface area contributed by atoms with Crippen LogP contribution in [0.4, 0.5) is 5.13 Å². The number of hydrogen-bond donors (Lipinski definition) is 1. The third-order valence-corrected chi connectivity index (χ3v) is 4.21. The van der Waals surface area contributed by atoms with E-state index in [4.69, 9.17) is 11.6 Å². The maximum absolute atomic E-state index is 6.16. The van der Waals surface area contributed by atoms with E-state index in [1.807, 2.05) is 18.2 Å². The molecule has 0 fully saturated rings. The lowest BCUT2D eigenvalue weighted by atomic mass is 9.94. The summed E-state index contributed by atoms with van der Waals surface area (Å²) in [4.78, 5) is 4.50. The smallest absolute Gasteiger partial charge is 0.203 e. The Labute approximate surface area is 123 Å². The van der Waals surface area contributed by atoms with Crippen molar-refractivity contribution >= 4 is 28.3 Å². The Morgan fingerprint density at radius 2 is 2.05 bits per heavy atom. The fraction of sp³-hybridized carbons (Fsp3) is 0.429. The van der Waals surface area contributed by atoms with Gasteiger partial charge in [-0.3, -0.25) is 0 Å². The standard InChI is InChI=1S/C14H18ClN3S/c1-3-7-12-16-13(19-18-12)17-14(2,10-15)11-8-5-4-6-9-11/h4-6,8-9H,3,7,10H2,1-2H3,(H,16,17,18). The van der Waals surface area contributed by atoms with Crippen molar-refractivity contribution in [1.82, 2.24) is 9.36 Å². The number of benzene rings is 1. The number of hydrogen-bond acceptors (Lipinski definition) is 4. The van der Waals surface area contributed by atoms with Crippen LogP contribution in [0.25, 0.3) is 0 Å². The number of nitrogens with one attached hydrogen (secondary N) is 1. The van der Waals surface area contributed by atoms with Crippen molar-refractivity contribution in [2.45, 2.75) is 32.2 Å². The number of alkyl halides is 1. The Bertz CT molecular complexity index is 514. The molecule has 2 aromatic rings. The Morgan fingerprint density at radius 1 is 1.32 bits per heavy atom. The molecule has 3 nitrogen and oxygen atoms in total. The van der Waals surface area contributed by atoms with Gasteiger partial charge in [0.1, 0.15) is 5.82 Å². The van der Waals surface area contributed by atoms with Gasteiger partial charge in [0.15, 0.2) is 0 Å². The van der Waals surface area contributed by atoms with Crippen LogP contribution in [0.3, 0.4) is 0 Å². The number of anilines is 1. The molecule has 0 aliphatic carbocycles. The molecule has 5 heteroatoms. The zero-order valence-electron chi connectivity index (χ0n) is 11.2. The molecule has 1 unspecified atom stereocenters. The van der Waals surface area contributed by atoms with E-state index in [-0.39, 0.29) is 5.54 Å². The topological polar surface area (TPSA) is 37.8 Å². The van der Waals surface area contributed by atoms with Crippen molar-refractivity contribution in [1.29, 1.82) is 0 Å². The van der Waals surface area contributed by atoms with Crippen molar-refractivity contribution < 1.29 is 0 Å². The number of aromatic nitrogens is 2. The van der Waals surface area contributed by atoms with Crippen molar-refractivity contribution in [3.63, 3.8) is 0 Å². The van der Waals surface area contributed by atoms with Crippen LogP contribution >= 0.6 is 23.1 Å². The lowest BCUT2D eigenvalue weighted by Gasteiger charge is -2.28. The van der Waals surface area contributed by atoms with Crippen LogP contribution in [-0.4, -0.2) is 15.2 Å². The van der Waals surface area contributed by atoms with E-state index in [2.05, 4.69) is 40.7 Å². The zero-order valence-corrected chi connectivity index (χ0v) is 12.8. The molecule has 0 radical (unpaired) electrons. The van der Waals surface area contributed by atoms with Gasteiger partial charge in [-0.05, 0) is 18.9 Å². The minimum Gasteiger partial charge on any atom is -0.350 e. The van der Waals surface area contributed by atoms with E-state index in [9.17, 15) is 0 Å². The summed E-state index contributed by atoms with van der Waals surface area (Å²) in [6.45, 7) is 4.21. The second kappa shape index (κ2) is 6.35. The minimum atomic E-state index is -0.328. The fourth-order valence-corrected chi connectivity index (χ4v) is 2.82. The lowest BCUT2D eigenvalue weighted by Crippen LogP contribution is -2.33. The molecule has 0 spiro atoms. The number of nitrogens with zero attached hydrogens (tertiary/aromatic N) is 2. The summed E-state index contributed by atoms with van der Waals surface area (Å²) < 4.78 is 4.34. The van der Waals surface area contributed by atoms with Gasteiger partial charge in [0, 0.05) is 23.8 Å². The van der Waals surface area contributed by atoms with Gasteiger partial charge in [0.2, 0.25) is 5.13 Å². The van der Waals surface area contributed by atoms with Crippen LogP contribution in [0.15, 0.2) is 30.3 Å². The van der Waals surface area contributed by atoms with Gasteiger partial charge in [-0.25, -0.2) is 4.98 Å². The molecule has 1 N–H and O–H groups in total. The van der Waals surface area contributed by atoms with Gasteiger partial charge in [-0.15, -0.1) is 11.6 Å². The summed E-state index contributed by atoms with van der Waals surface area (Å²) in [6.07, 6.45) is 1.97. The van der Waals surface area contributed by atoms with E-state index in [1.54, 1.807) is 0 Å². The first-order valence-electron chi connectivity index (χ1n) is 6.40. The SMILES string of the molecule is CCCc1nsc(NC(C)(CCl)c2ccccc2)n1. The molecule has 19 heavy (non-hydrogen) atoms. The first-order chi connectivity index (χ1) is 9.18. The van der Waals surface area contributed by atoms with E-state index in [0.717, 1.165) is 29.4 Å². The molecule has 1 aromatic carbocycles. The maximum Gasteiger partial charge on any atom is 0.203 e. The van der Waals surface area contributed by atoms with Gasteiger partial charge in [0.25, 0.3) is 0 Å². The van der Waals surface area contributed by atoms with Crippen molar-refractivity contribution in [3.8, 4) is 0 Å². The fourth-order valence-electron chi connectivity index (χ4n) is 1.85. The normalized spacial score (nSPS) is 14.1. The quantitative estimate of drug-likeness (QED) is 0.817. The lowest BCUT2D eigenvalue weighted by molar-refractivity contribution is 0.616. The molecular formula is C14H18ClN3S. The summed E-state index contributed by atoms with van der Waals surface area (Å²) in [5.41, 5.74) is 0.823. The van der Waals surface area contributed by atoms with E-state index < -0.39 is 0 Å². The maximum atomic E-state index is 6.16. The monoisotopic (exact) mass is 295 g/mol. The largest absolute Gasteiger partial charge is 0.350 e.